The van der Waals surface area contributed by atoms with Gasteiger partial charge in [0, 0.05) is 23.9 Å². The second kappa shape index (κ2) is 8.05. The molecule has 3 N–H and O–H groups in total. The van der Waals surface area contributed by atoms with E-state index in [9.17, 15) is 14.3 Å². The van der Waals surface area contributed by atoms with Crippen LogP contribution in [0.4, 0.5) is 9.18 Å². The van der Waals surface area contributed by atoms with Crippen LogP contribution < -0.4 is 10.6 Å². The number of aliphatic hydroxyl groups excluding tert-OH is 1. The number of hydrogen-bond acceptors (Lipinski definition) is 3. The Balaban J connectivity index is 1.56. The van der Waals surface area contributed by atoms with Crippen molar-refractivity contribution in [2.75, 3.05) is 6.61 Å². The first-order chi connectivity index (χ1) is 14.1. The van der Waals surface area contributed by atoms with Crippen LogP contribution in [-0.2, 0) is 6.54 Å². The number of nitrogens with zero attached hydrogens (tertiary/aromatic N) is 2. The third-order valence-electron chi connectivity index (χ3n) is 5.36. The number of amides is 2. The molecule has 1 aromatic heterocycles. The van der Waals surface area contributed by atoms with Crippen LogP contribution in [0.15, 0.2) is 60.8 Å². The Morgan fingerprint density at radius 2 is 1.86 bits per heavy atom. The fourth-order valence-corrected chi connectivity index (χ4v) is 3.49. The normalized spacial score (nSPS) is 14.8. The van der Waals surface area contributed by atoms with Gasteiger partial charge in [-0.3, -0.25) is 0 Å². The molecule has 3 aromatic rings. The van der Waals surface area contributed by atoms with Gasteiger partial charge in [0.15, 0.2) is 0 Å². The van der Waals surface area contributed by atoms with E-state index >= 15 is 0 Å². The molecule has 1 aliphatic rings. The molecule has 1 aliphatic carbocycles. The second-order valence-electron chi connectivity index (χ2n) is 7.39. The minimum absolute atomic E-state index is 0.0623. The monoisotopic (exact) mass is 394 g/mol. The maximum Gasteiger partial charge on any atom is 0.315 e. The largest absolute Gasteiger partial charge is 0.394 e. The summed E-state index contributed by atoms with van der Waals surface area (Å²) in [6.07, 6.45) is 4.42. The Hall–Kier alpha value is -3.19. The van der Waals surface area contributed by atoms with E-state index in [0.29, 0.717) is 5.69 Å². The molecule has 0 aliphatic heterocycles. The Morgan fingerprint density at radius 3 is 2.48 bits per heavy atom. The van der Waals surface area contributed by atoms with Gasteiger partial charge in [0.05, 0.1) is 23.5 Å². The summed E-state index contributed by atoms with van der Waals surface area (Å²) >= 11 is 0. The highest BCUT2D eigenvalue weighted by Crippen LogP contribution is 2.31. The number of aromatic nitrogens is 2. The molecular formula is C22H23FN4O2. The van der Waals surface area contributed by atoms with Gasteiger partial charge >= 0.3 is 6.03 Å². The van der Waals surface area contributed by atoms with Gasteiger partial charge in [0.2, 0.25) is 0 Å². The van der Waals surface area contributed by atoms with Crippen molar-refractivity contribution in [3.8, 4) is 16.9 Å². The summed E-state index contributed by atoms with van der Waals surface area (Å²) in [7, 11) is 0. The van der Waals surface area contributed by atoms with E-state index in [-0.39, 0.29) is 25.0 Å². The molecular weight excluding hydrogens is 371 g/mol. The molecule has 1 fully saturated rings. The quantitative estimate of drug-likeness (QED) is 0.600. The minimum atomic E-state index is -0.502. The first-order valence-corrected chi connectivity index (χ1v) is 9.65. The van der Waals surface area contributed by atoms with Crippen molar-refractivity contribution in [2.45, 2.75) is 31.3 Å². The molecule has 6 nitrogen and oxygen atoms in total. The molecule has 1 heterocycles. The summed E-state index contributed by atoms with van der Waals surface area (Å²) in [6, 6.07) is 15.5. The molecule has 0 spiro atoms. The highest BCUT2D eigenvalue weighted by molar-refractivity contribution is 5.75. The van der Waals surface area contributed by atoms with E-state index in [0.717, 1.165) is 36.1 Å². The number of carbonyl (C=O) groups is 1. The van der Waals surface area contributed by atoms with Gasteiger partial charge in [-0.1, -0.05) is 18.2 Å². The van der Waals surface area contributed by atoms with Gasteiger partial charge in [-0.25, -0.2) is 13.9 Å². The van der Waals surface area contributed by atoms with E-state index in [2.05, 4.69) is 15.7 Å². The SMILES string of the molecule is O=C(NCc1cn(-c2ccccc2)nc1-c1ccc(F)cc1)NC1(CO)CCC1. The second-order valence-corrected chi connectivity index (χ2v) is 7.39. The van der Waals surface area contributed by atoms with Crippen LogP contribution in [0, 0.1) is 5.82 Å². The van der Waals surface area contributed by atoms with Gasteiger partial charge in [-0.2, -0.15) is 5.10 Å². The van der Waals surface area contributed by atoms with Gasteiger partial charge in [-0.15, -0.1) is 0 Å². The smallest absolute Gasteiger partial charge is 0.315 e. The number of para-hydroxylation sites is 1. The molecule has 150 valence electrons. The molecule has 2 aromatic carbocycles. The zero-order chi connectivity index (χ0) is 20.3. The van der Waals surface area contributed by atoms with E-state index in [4.69, 9.17) is 0 Å². The summed E-state index contributed by atoms with van der Waals surface area (Å²) in [5.41, 5.74) is 2.64. The first kappa shape index (κ1) is 19.1. The summed E-state index contributed by atoms with van der Waals surface area (Å²) in [6.45, 7) is 0.195. The summed E-state index contributed by atoms with van der Waals surface area (Å²) in [5.74, 6) is -0.315. The van der Waals surface area contributed by atoms with Crippen LogP contribution in [0.1, 0.15) is 24.8 Å². The van der Waals surface area contributed by atoms with Crippen molar-refractivity contribution >= 4 is 6.03 Å². The highest BCUT2D eigenvalue weighted by atomic mass is 19.1. The molecule has 0 bridgehead atoms. The number of aliphatic hydroxyl groups is 1. The van der Waals surface area contributed by atoms with Crippen LogP contribution in [0.2, 0.25) is 0 Å². The Kier molecular flexibility index (Phi) is 5.31. The van der Waals surface area contributed by atoms with E-state index in [1.54, 1.807) is 16.8 Å². The fraction of sp³-hybridized carbons (Fsp3) is 0.273. The first-order valence-electron chi connectivity index (χ1n) is 9.65. The van der Waals surface area contributed by atoms with E-state index in [1.807, 2.05) is 36.5 Å². The molecule has 4 rings (SSSR count). The average molecular weight is 394 g/mol. The van der Waals surface area contributed by atoms with Crippen LogP contribution in [0.3, 0.4) is 0 Å². The van der Waals surface area contributed by atoms with Crippen molar-refractivity contribution in [1.82, 2.24) is 20.4 Å². The standard InChI is InChI=1S/C22H23FN4O2/c23-18-9-7-16(8-10-18)20-17(14-27(26-20)19-5-2-1-3-6-19)13-24-21(29)25-22(15-28)11-4-12-22/h1-3,5-10,14,28H,4,11-13,15H2,(H2,24,25,29). The number of carbonyl (C=O) groups excluding carboxylic acids is 1. The van der Waals surface area contributed by atoms with Crippen LogP contribution >= 0.6 is 0 Å². The lowest BCUT2D eigenvalue weighted by Crippen LogP contribution is -2.58. The average Bonchev–Trinajstić information content (AvgIpc) is 3.15. The van der Waals surface area contributed by atoms with Crippen molar-refractivity contribution in [3.05, 3.63) is 72.2 Å². The third kappa shape index (κ3) is 4.14. The number of benzene rings is 2. The maximum atomic E-state index is 13.3. The predicted octanol–water partition coefficient (Wildman–Crippen LogP) is 3.39. The summed E-state index contributed by atoms with van der Waals surface area (Å²) < 4.78 is 15.1. The number of urea groups is 1. The van der Waals surface area contributed by atoms with Crippen LogP contribution in [-0.4, -0.2) is 33.1 Å². The molecule has 2 amide bonds. The Labute approximate surface area is 168 Å². The molecule has 29 heavy (non-hydrogen) atoms. The molecule has 7 heteroatoms. The molecule has 0 atom stereocenters. The van der Waals surface area contributed by atoms with Crippen molar-refractivity contribution in [3.63, 3.8) is 0 Å². The lowest BCUT2D eigenvalue weighted by Gasteiger charge is -2.40. The Morgan fingerprint density at radius 1 is 1.14 bits per heavy atom. The highest BCUT2D eigenvalue weighted by Gasteiger charge is 2.37. The van der Waals surface area contributed by atoms with Crippen LogP contribution in [0.5, 0.6) is 0 Å². The lowest BCUT2D eigenvalue weighted by molar-refractivity contribution is 0.0958. The minimum Gasteiger partial charge on any atom is -0.394 e. The van der Waals surface area contributed by atoms with E-state index in [1.165, 1.54) is 12.1 Å². The molecule has 0 unspecified atom stereocenters. The number of nitrogens with one attached hydrogen (secondary N) is 2. The van der Waals surface area contributed by atoms with Gasteiger partial charge in [-0.05, 0) is 55.7 Å². The maximum absolute atomic E-state index is 13.3. The summed E-state index contributed by atoms with van der Waals surface area (Å²) in [4.78, 5) is 12.3. The zero-order valence-corrected chi connectivity index (χ0v) is 15.9. The Bertz CT molecular complexity index is 976. The number of hydrogen-bond donors (Lipinski definition) is 3. The third-order valence-corrected chi connectivity index (χ3v) is 5.36. The molecule has 0 radical (unpaired) electrons. The fourth-order valence-electron chi connectivity index (χ4n) is 3.49. The number of halogens is 1. The molecule has 1 saturated carbocycles. The van der Waals surface area contributed by atoms with Crippen molar-refractivity contribution in [1.29, 1.82) is 0 Å². The van der Waals surface area contributed by atoms with Gasteiger partial charge in [0.1, 0.15) is 5.82 Å². The zero-order valence-electron chi connectivity index (χ0n) is 15.9. The van der Waals surface area contributed by atoms with Gasteiger partial charge < -0.3 is 15.7 Å². The lowest BCUT2D eigenvalue weighted by atomic mass is 9.77. The van der Waals surface area contributed by atoms with Crippen molar-refractivity contribution < 1.29 is 14.3 Å². The predicted molar refractivity (Wildman–Crippen MR) is 108 cm³/mol. The van der Waals surface area contributed by atoms with Crippen molar-refractivity contribution in [2.24, 2.45) is 0 Å². The molecule has 0 saturated heterocycles. The summed E-state index contributed by atoms with van der Waals surface area (Å²) in [5, 5.41) is 19.9. The van der Waals surface area contributed by atoms with Gasteiger partial charge in [0.25, 0.3) is 0 Å². The van der Waals surface area contributed by atoms with E-state index < -0.39 is 5.54 Å². The van der Waals surface area contributed by atoms with Crippen LogP contribution in [0.25, 0.3) is 16.9 Å². The number of rotatable bonds is 6. The topological polar surface area (TPSA) is 79.2 Å².